The molecule has 1 rings (SSSR count). The van der Waals surface area contributed by atoms with Gasteiger partial charge in [-0.1, -0.05) is 18.2 Å². The van der Waals surface area contributed by atoms with Crippen molar-refractivity contribution in [2.24, 2.45) is 0 Å². The lowest BCUT2D eigenvalue weighted by atomic mass is 10.2. The molecule has 122 valence electrons. The summed E-state index contributed by atoms with van der Waals surface area (Å²) in [5, 5.41) is 2.74. The molecule has 0 unspecified atom stereocenters. The maximum atomic E-state index is 12.1. The fourth-order valence-electron chi connectivity index (χ4n) is 1.82. The van der Waals surface area contributed by atoms with E-state index in [2.05, 4.69) is 5.32 Å². The second kappa shape index (κ2) is 10.6. The lowest BCUT2D eigenvalue weighted by molar-refractivity contribution is 0.124. The van der Waals surface area contributed by atoms with Crippen LogP contribution in [0.15, 0.2) is 30.5 Å². The Bertz CT molecular complexity index is 469. The molecule has 6 heteroatoms. The van der Waals surface area contributed by atoms with Gasteiger partial charge in [-0.3, -0.25) is 0 Å². The molecule has 0 aliphatic carbocycles. The summed E-state index contributed by atoms with van der Waals surface area (Å²) in [7, 11) is 4.82. The van der Waals surface area contributed by atoms with Gasteiger partial charge in [0.25, 0.3) is 0 Å². The molecule has 0 atom stereocenters. The summed E-state index contributed by atoms with van der Waals surface area (Å²) in [6.07, 6.45) is 3.40. The maximum Gasteiger partial charge on any atom is 0.321 e. The number of nitrogens with zero attached hydrogens (tertiary/aromatic N) is 1. The van der Waals surface area contributed by atoms with E-state index in [0.29, 0.717) is 26.3 Å². The van der Waals surface area contributed by atoms with Crippen LogP contribution in [0.4, 0.5) is 4.79 Å². The van der Waals surface area contributed by atoms with Gasteiger partial charge in [-0.15, -0.1) is 0 Å². The number of benzene rings is 1. The van der Waals surface area contributed by atoms with Crippen LogP contribution in [0.1, 0.15) is 5.56 Å². The molecular formula is C16H24N2O4. The van der Waals surface area contributed by atoms with Crippen molar-refractivity contribution < 1.29 is 19.0 Å². The molecule has 0 heterocycles. The van der Waals surface area contributed by atoms with Crippen LogP contribution in [0, 0.1) is 0 Å². The Kier molecular flexibility index (Phi) is 8.71. The van der Waals surface area contributed by atoms with Crippen LogP contribution in [0.3, 0.4) is 0 Å². The zero-order valence-corrected chi connectivity index (χ0v) is 13.4. The van der Waals surface area contributed by atoms with E-state index in [1.165, 1.54) is 0 Å². The average Bonchev–Trinajstić information content (AvgIpc) is 2.55. The first kappa shape index (κ1) is 18.0. The molecular weight excluding hydrogens is 284 g/mol. The second-order valence-corrected chi connectivity index (χ2v) is 4.50. The quantitative estimate of drug-likeness (QED) is 0.758. The van der Waals surface area contributed by atoms with Crippen molar-refractivity contribution in [2.75, 3.05) is 47.6 Å². The zero-order valence-electron chi connectivity index (χ0n) is 13.4. The van der Waals surface area contributed by atoms with Crippen molar-refractivity contribution in [3.8, 4) is 5.75 Å². The van der Waals surface area contributed by atoms with E-state index >= 15 is 0 Å². The molecule has 0 spiro atoms. The van der Waals surface area contributed by atoms with Gasteiger partial charge in [0.05, 0.1) is 20.3 Å². The van der Waals surface area contributed by atoms with E-state index < -0.39 is 0 Å². The van der Waals surface area contributed by atoms with Crippen molar-refractivity contribution in [2.45, 2.75) is 0 Å². The van der Waals surface area contributed by atoms with Gasteiger partial charge in [0.15, 0.2) is 0 Å². The third kappa shape index (κ3) is 6.15. The number of ether oxygens (including phenoxy) is 3. The van der Waals surface area contributed by atoms with E-state index in [1.807, 2.05) is 24.3 Å². The summed E-state index contributed by atoms with van der Waals surface area (Å²) in [4.78, 5) is 13.8. The van der Waals surface area contributed by atoms with Crippen LogP contribution in [0.2, 0.25) is 0 Å². The highest BCUT2D eigenvalue weighted by molar-refractivity contribution is 5.76. The molecule has 0 fully saturated rings. The van der Waals surface area contributed by atoms with E-state index in [-0.39, 0.29) is 6.03 Å². The summed E-state index contributed by atoms with van der Waals surface area (Å²) in [5.74, 6) is 0.753. The SMILES string of the molecule is COCCN(CCOC)C(=O)N/C=C/c1ccccc1OC. The highest BCUT2D eigenvalue weighted by atomic mass is 16.5. The third-order valence-corrected chi connectivity index (χ3v) is 3.03. The number of rotatable bonds is 9. The van der Waals surface area contributed by atoms with Crippen molar-refractivity contribution >= 4 is 12.1 Å². The van der Waals surface area contributed by atoms with Gasteiger partial charge < -0.3 is 24.4 Å². The Morgan fingerprint density at radius 3 is 2.36 bits per heavy atom. The van der Waals surface area contributed by atoms with Crippen molar-refractivity contribution in [3.63, 3.8) is 0 Å². The summed E-state index contributed by atoms with van der Waals surface area (Å²) >= 11 is 0. The van der Waals surface area contributed by atoms with Crippen LogP contribution in [0.25, 0.3) is 6.08 Å². The minimum Gasteiger partial charge on any atom is -0.496 e. The third-order valence-electron chi connectivity index (χ3n) is 3.03. The maximum absolute atomic E-state index is 12.1. The fourth-order valence-corrected chi connectivity index (χ4v) is 1.82. The molecule has 0 aromatic heterocycles. The molecule has 0 bridgehead atoms. The van der Waals surface area contributed by atoms with E-state index in [1.54, 1.807) is 38.5 Å². The summed E-state index contributed by atoms with van der Waals surface area (Å²) in [5.41, 5.74) is 0.894. The van der Waals surface area contributed by atoms with Gasteiger partial charge in [-0.05, 0) is 12.1 Å². The number of carbonyl (C=O) groups is 1. The molecule has 6 nitrogen and oxygen atoms in total. The van der Waals surface area contributed by atoms with Crippen molar-refractivity contribution in [3.05, 3.63) is 36.0 Å². The molecule has 0 saturated heterocycles. The predicted molar refractivity (Wildman–Crippen MR) is 85.9 cm³/mol. The topological polar surface area (TPSA) is 60.0 Å². The fraction of sp³-hybridized carbons (Fsp3) is 0.438. The number of amides is 2. The normalized spacial score (nSPS) is 10.7. The van der Waals surface area contributed by atoms with Gasteiger partial charge in [0.2, 0.25) is 0 Å². The largest absolute Gasteiger partial charge is 0.496 e. The average molecular weight is 308 g/mol. The summed E-state index contributed by atoms with van der Waals surface area (Å²) in [6, 6.07) is 7.39. The van der Waals surface area contributed by atoms with Crippen LogP contribution in [0.5, 0.6) is 5.75 Å². The second-order valence-electron chi connectivity index (χ2n) is 4.50. The van der Waals surface area contributed by atoms with E-state index in [4.69, 9.17) is 14.2 Å². The monoisotopic (exact) mass is 308 g/mol. The van der Waals surface area contributed by atoms with Crippen molar-refractivity contribution in [1.82, 2.24) is 10.2 Å². The Hall–Kier alpha value is -2.05. The Morgan fingerprint density at radius 1 is 1.14 bits per heavy atom. The van der Waals surface area contributed by atoms with E-state index in [9.17, 15) is 4.79 Å². The minimum absolute atomic E-state index is 0.194. The Balaban J connectivity index is 2.58. The molecule has 0 aliphatic rings. The molecule has 1 aromatic carbocycles. The Morgan fingerprint density at radius 2 is 1.77 bits per heavy atom. The standard InChI is InChI=1S/C16H24N2O4/c1-20-12-10-18(11-13-21-2)16(19)17-9-8-14-6-4-5-7-15(14)22-3/h4-9H,10-13H2,1-3H3,(H,17,19)/b9-8+. The minimum atomic E-state index is -0.194. The first-order chi connectivity index (χ1) is 10.7. The number of para-hydroxylation sites is 1. The number of urea groups is 1. The van der Waals surface area contributed by atoms with Gasteiger partial charge in [-0.25, -0.2) is 4.79 Å². The lowest BCUT2D eigenvalue weighted by Crippen LogP contribution is -2.41. The molecule has 2 amide bonds. The Labute approximate surface area is 131 Å². The molecule has 0 radical (unpaired) electrons. The molecule has 1 aromatic rings. The van der Waals surface area contributed by atoms with Crippen LogP contribution < -0.4 is 10.1 Å². The molecule has 1 N–H and O–H groups in total. The van der Waals surface area contributed by atoms with Gasteiger partial charge in [-0.2, -0.15) is 0 Å². The van der Waals surface area contributed by atoms with E-state index in [0.717, 1.165) is 11.3 Å². The molecule has 0 aliphatic heterocycles. The first-order valence-electron chi connectivity index (χ1n) is 7.05. The summed E-state index contributed by atoms with van der Waals surface area (Å²) < 4.78 is 15.3. The highest BCUT2D eigenvalue weighted by Gasteiger charge is 2.11. The van der Waals surface area contributed by atoms with Crippen LogP contribution >= 0.6 is 0 Å². The van der Waals surface area contributed by atoms with Gasteiger partial charge in [0.1, 0.15) is 5.75 Å². The van der Waals surface area contributed by atoms with Crippen molar-refractivity contribution in [1.29, 1.82) is 0 Å². The number of hydrogen-bond acceptors (Lipinski definition) is 4. The zero-order chi connectivity index (χ0) is 16.2. The predicted octanol–water partition coefficient (Wildman–Crippen LogP) is 1.97. The first-order valence-corrected chi connectivity index (χ1v) is 7.05. The smallest absolute Gasteiger partial charge is 0.321 e. The van der Waals surface area contributed by atoms with Crippen LogP contribution in [-0.4, -0.2) is 58.6 Å². The number of carbonyl (C=O) groups excluding carboxylic acids is 1. The number of methoxy groups -OCH3 is 3. The van der Waals surface area contributed by atoms with Crippen LogP contribution in [-0.2, 0) is 9.47 Å². The highest BCUT2D eigenvalue weighted by Crippen LogP contribution is 2.18. The lowest BCUT2D eigenvalue weighted by Gasteiger charge is -2.21. The number of hydrogen-bond donors (Lipinski definition) is 1. The summed E-state index contributed by atoms with van der Waals surface area (Å²) in [6.45, 7) is 1.98. The molecule has 22 heavy (non-hydrogen) atoms. The van der Waals surface area contributed by atoms with Gasteiger partial charge in [0, 0.05) is 39.1 Å². The van der Waals surface area contributed by atoms with Gasteiger partial charge >= 0.3 is 6.03 Å². The number of nitrogens with one attached hydrogen (secondary N) is 1. The molecule has 0 saturated carbocycles.